The van der Waals surface area contributed by atoms with Gasteiger partial charge in [0.15, 0.2) is 6.61 Å². The summed E-state index contributed by atoms with van der Waals surface area (Å²) in [6.07, 6.45) is 0. The third-order valence-electron chi connectivity index (χ3n) is 3.41. The molecule has 0 spiro atoms. The molecule has 0 saturated heterocycles. The van der Waals surface area contributed by atoms with Crippen LogP contribution >= 0.6 is 11.6 Å². The average molecular weight is 449 g/mol. The number of alkyl halides is 2. The lowest BCUT2D eigenvalue weighted by Gasteiger charge is -2.10. The minimum absolute atomic E-state index is 0.0642. The van der Waals surface area contributed by atoms with E-state index in [9.17, 15) is 26.8 Å². The van der Waals surface area contributed by atoms with Crippen molar-refractivity contribution >= 4 is 39.2 Å². The van der Waals surface area contributed by atoms with Crippen molar-refractivity contribution in [2.75, 3.05) is 19.0 Å². The number of ether oxygens (including phenoxy) is 2. The lowest BCUT2D eigenvalue weighted by Crippen LogP contribution is -2.22. The van der Waals surface area contributed by atoms with E-state index >= 15 is 0 Å². The second-order valence-electron chi connectivity index (χ2n) is 5.38. The number of carbonyl (C=O) groups excluding carboxylic acids is 2. The zero-order chi connectivity index (χ0) is 21.6. The highest BCUT2D eigenvalue weighted by Gasteiger charge is 2.16. The Labute approximate surface area is 169 Å². The summed E-state index contributed by atoms with van der Waals surface area (Å²) < 4.78 is 59.1. The van der Waals surface area contributed by atoms with Gasteiger partial charge in [0.2, 0.25) is 10.0 Å². The molecule has 0 saturated carbocycles. The van der Waals surface area contributed by atoms with Gasteiger partial charge in [0.1, 0.15) is 5.75 Å². The lowest BCUT2D eigenvalue weighted by atomic mass is 10.2. The molecule has 0 fully saturated rings. The highest BCUT2D eigenvalue weighted by Crippen LogP contribution is 2.28. The van der Waals surface area contributed by atoms with Crippen LogP contribution in [0.5, 0.6) is 5.75 Å². The largest absolute Gasteiger partial charge is 0.452 e. The molecule has 0 unspecified atom stereocenters. The van der Waals surface area contributed by atoms with Crippen molar-refractivity contribution in [3.63, 3.8) is 0 Å². The zero-order valence-electron chi connectivity index (χ0n) is 14.8. The van der Waals surface area contributed by atoms with Gasteiger partial charge in [-0.3, -0.25) is 4.79 Å². The van der Waals surface area contributed by atoms with E-state index in [0.29, 0.717) is 0 Å². The molecule has 8 nitrogen and oxygen atoms in total. The maximum atomic E-state index is 12.2. The summed E-state index contributed by atoms with van der Waals surface area (Å²) in [4.78, 5) is 23.8. The van der Waals surface area contributed by atoms with Gasteiger partial charge in [-0.25, -0.2) is 17.9 Å². The molecule has 29 heavy (non-hydrogen) atoms. The number of carbonyl (C=O) groups is 2. The van der Waals surface area contributed by atoms with Crippen LogP contribution in [0.1, 0.15) is 10.4 Å². The summed E-state index contributed by atoms with van der Waals surface area (Å²) in [5, 5.41) is 2.22. The quantitative estimate of drug-likeness (QED) is 0.601. The van der Waals surface area contributed by atoms with Crippen LogP contribution in [0.15, 0.2) is 47.4 Å². The summed E-state index contributed by atoms with van der Waals surface area (Å²) in [5.74, 6) is -1.90. The normalized spacial score (nSPS) is 11.2. The molecular weight excluding hydrogens is 434 g/mol. The van der Waals surface area contributed by atoms with Crippen LogP contribution in [-0.2, 0) is 19.6 Å². The Kier molecular flexibility index (Phi) is 7.48. The van der Waals surface area contributed by atoms with Crippen LogP contribution in [-0.4, -0.2) is 40.6 Å². The van der Waals surface area contributed by atoms with Crippen molar-refractivity contribution in [1.29, 1.82) is 0 Å². The number of halogens is 3. The van der Waals surface area contributed by atoms with Crippen LogP contribution in [0.4, 0.5) is 14.5 Å². The Morgan fingerprint density at radius 1 is 1.17 bits per heavy atom. The number of amides is 1. The minimum Gasteiger partial charge on any atom is -0.452 e. The van der Waals surface area contributed by atoms with Gasteiger partial charge in [0, 0.05) is 5.69 Å². The van der Waals surface area contributed by atoms with Crippen molar-refractivity contribution in [3.05, 3.63) is 53.1 Å². The van der Waals surface area contributed by atoms with Gasteiger partial charge in [0.05, 0.1) is 15.5 Å². The number of anilines is 1. The van der Waals surface area contributed by atoms with Gasteiger partial charge in [-0.05, 0) is 43.4 Å². The molecule has 0 atom stereocenters. The molecule has 12 heteroatoms. The Balaban J connectivity index is 1.96. The summed E-state index contributed by atoms with van der Waals surface area (Å²) >= 11 is 5.78. The molecule has 0 aliphatic heterocycles. The molecule has 0 heterocycles. The van der Waals surface area contributed by atoms with Crippen LogP contribution in [0.2, 0.25) is 5.02 Å². The van der Waals surface area contributed by atoms with Crippen LogP contribution in [0, 0.1) is 0 Å². The second-order valence-corrected chi connectivity index (χ2v) is 7.68. The molecule has 0 radical (unpaired) electrons. The van der Waals surface area contributed by atoms with E-state index in [-0.39, 0.29) is 26.9 Å². The van der Waals surface area contributed by atoms with Gasteiger partial charge in [0.25, 0.3) is 5.91 Å². The molecular formula is C17H15ClF2N2O6S. The van der Waals surface area contributed by atoms with Crippen molar-refractivity contribution in [3.8, 4) is 5.75 Å². The number of benzene rings is 2. The monoisotopic (exact) mass is 448 g/mol. The Bertz CT molecular complexity index is 1020. The first-order valence-corrected chi connectivity index (χ1v) is 9.73. The smallest absolute Gasteiger partial charge is 0.387 e. The predicted octanol–water partition coefficient (Wildman–Crippen LogP) is 2.65. The van der Waals surface area contributed by atoms with Gasteiger partial charge >= 0.3 is 12.6 Å². The first-order valence-electron chi connectivity index (χ1n) is 7.87. The standard InChI is InChI=1S/C17H15ClF2N2O6S/c1-21-29(25,26)12-4-2-3-10(7-12)16(24)27-9-15(23)22-11-5-6-14(13(18)8-11)28-17(19)20/h2-8,17,21H,9H2,1H3,(H,22,23). The van der Waals surface area contributed by atoms with E-state index in [1.165, 1.54) is 37.4 Å². The maximum Gasteiger partial charge on any atom is 0.387 e. The third-order valence-corrected chi connectivity index (χ3v) is 5.12. The number of esters is 1. The maximum absolute atomic E-state index is 12.2. The Hall–Kier alpha value is -2.76. The van der Waals surface area contributed by atoms with Gasteiger partial charge in [-0.1, -0.05) is 17.7 Å². The molecule has 2 aromatic carbocycles. The number of hydrogen-bond donors (Lipinski definition) is 2. The first-order chi connectivity index (χ1) is 13.6. The second kappa shape index (κ2) is 9.63. The summed E-state index contributed by atoms with van der Waals surface area (Å²) in [7, 11) is -2.52. The van der Waals surface area contributed by atoms with Crippen LogP contribution in [0.25, 0.3) is 0 Å². The van der Waals surface area contributed by atoms with Crippen LogP contribution in [0.3, 0.4) is 0 Å². The number of rotatable bonds is 8. The number of sulfonamides is 1. The minimum atomic E-state index is -3.75. The molecule has 0 aliphatic rings. The molecule has 2 rings (SSSR count). The molecule has 156 valence electrons. The summed E-state index contributed by atoms with van der Waals surface area (Å²) in [6.45, 7) is -3.72. The Morgan fingerprint density at radius 3 is 2.52 bits per heavy atom. The SMILES string of the molecule is CNS(=O)(=O)c1cccc(C(=O)OCC(=O)Nc2ccc(OC(F)F)c(Cl)c2)c1. The van der Waals surface area contributed by atoms with Crippen molar-refractivity contribution < 1.29 is 36.3 Å². The highest BCUT2D eigenvalue weighted by atomic mass is 35.5. The fraction of sp³-hybridized carbons (Fsp3) is 0.176. The summed E-state index contributed by atoms with van der Waals surface area (Å²) in [5.41, 5.74) is 0.102. The number of nitrogens with one attached hydrogen (secondary N) is 2. The van der Waals surface area contributed by atoms with Crippen molar-refractivity contribution in [1.82, 2.24) is 4.72 Å². The van der Waals surface area contributed by atoms with Gasteiger partial charge in [-0.15, -0.1) is 0 Å². The Morgan fingerprint density at radius 2 is 1.90 bits per heavy atom. The van der Waals surface area contributed by atoms with Gasteiger partial charge in [-0.2, -0.15) is 8.78 Å². The summed E-state index contributed by atoms with van der Waals surface area (Å²) in [6, 6.07) is 8.68. The van der Waals surface area contributed by atoms with E-state index in [2.05, 4.69) is 14.8 Å². The van der Waals surface area contributed by atoms with E-state index in [1.807, 2.05) is 0 Å². The lowest BCUT2D eigenvalue weighted by molar-refractivity contribution is -0.119. The molecule has 0 aliphatic carbocycles. The van der Waals surface area contributed by atoms with Crippen molar-refractivity contribution in [2.45, 2.75) is 11.5 Å². The topological polar surface area (TPSA) is 111 Å². The zero-order valence-corrected chi connectivity index (χ0v) is 16.4. The highest BCUT2D eigenvalue weighted by molar-refractivity contribution is 7.89. The molecule has 0 bridgehead atoms. The van der Waals surface area contributed by atoms with E-state index in [1.54, 1.807) is 0 Å². The van der Waals surface area contributed by atoms with E-state index in [4.69, 9.17) is 16.3 Å². The molecule has 0 aromatic heterocycles. The number of hydrogen-bond acceptors (Lipinski definition) is 6. The molecule has 2 N–H and O–H groups in total. The van der Waals surface area contributed by atoms with Crippen LogP contribution < -0.4 is 14.8 Å². The van der Waals surface area contributed by atoms with Gasteiger partial charge < -0.3 is 14.8 Å². The molecule has 2 aromatic rings. The fourth-order valence-corrected chi connectivity index (χ4v) is 3.09. The van der Waals surface area contributed by atoms with Crippen molar-refractivity contribution in [2.24, 2.45) is 0 Å². The predicted molar refractivity (Wildman–Crippen MR) is 99.7 cm³/mol. The third kappa shape index (κ3) is 6.38. The molecule has 1 amide bonds. The average Bonchev–Trinajstić information content (AvgIpc) is 2.68. The van der Waals surface area contributed by atoms with E-state index < -0.39 is 35.1 Å². The first kappa shape index (κ1) is 22.5. The van der Waals surface area contributed by atoms with E-state index in [0.717, 1.165) is 12.1 Å². The fourth-order valence-electron chi connectivity index (χ4n) is 2.09.